The van der Waals surface area contributed by atoms with Gasteiger partial charge in [0.1, 0.15) is 12.3 Å². The number of imide groups is 1. The molecule has 2 heterocycles. The van der Waals surface area contributed by atoms with Crippen LogP contribution in [0.3, 0.4) is 0 Å². The Labute approximate surface area is 156 Å². The SMILES string of the molecule is CC1(c2ccco2)NC(=O)N(CC(=O)NCC2(c3ccccc3)CC2)C1=O. The molecule has 2 aliphatic rings. The third-order valence-electron chi connectivity index (χ3n) is 5.45. The summed E-state index contributed by atoms with van der Waals surface area (Å²) >= 11 is 0. The van der Waals surface area contributed by atoms with Gasteiger partial charge in [-0.25, -0.2) is 4.79 Å². The van der Waals surface area contributed by atoms with E-state index in [1.54, 1.807) is 19.1 Å². The van der Waals surface area contributed by atoms with Crippen LogP contribution in [0.5, 0.6) is 0 Å². The topological polar surface area (TPSA) is 91.7 Å². The number of amides is 4. The molecular weight excluding hydrogens is 346 g/mol. The van der Waals surface area contributed by atoms with Crippen LogP contribution in [0.1, 0.15) is 31.1 Å². The minimum atomic E-state index is -1.29. The minimum Gasteiger partial charge on any atom is -0.466 e. The van der Waals surface area contributed by atoms with Crippen molar-refractivity contribution in [3.63, 3.8) is 0 Å². The quantitative estimate of drug-likeness (QED) is 0.763. The van der Waals surface area contributed by atoms with E-state index in [2.05, 4.69) is 22.8 Å². The molecule has 1 saturated heterocycles. The molecule has 1 unspecified atom stereocenters. The van der Waals surface area contributed by atoms with E-state index < -0.39 is 17.5 Å². The Morgan fingerprint density at radius 1 is 1.19 bits per heavy atom. The molecule has 1 aliphatic carbocycles. The second-order valence-corrected chi connectivity index (χ2v) is 7.35. The predicted molar refractivity (Wildman–Crippen MR) is 96.7 cm³/mol. The molecule has 2 N–H and O–H groups in total. The molecule has 4 rings (SSSR count). The summed E-state index contributed by atoms with van der Waals surface area (Å²) in [7, 11) is 0. The van der Waals surface area contributed by atoms with E-state index in [1.165, 1.54) is 11.8 Å². The van der Waals surface area contributed by atoms with Gasteiger partial charge in [-0.05, 0) is 37.5 Å². The number of carbonyl (C=O) groups is 3. The lowest BCUT2D eigenvalue weighted by Gasteiger charge is -2.20. The summed E-state index contributed by atoms with van der Waals surface area (Å²) in [4.78, 5) is 38.3. The molecule has 1 saturated carbocycles. The highest BCUT2D eigenvalue weighted by Crippen LogP contribution is 2.47. The maximum absolute atomic E-state index is 12.7. The van der Waals surface area contributed by atoms with E-state index in [-0.39, 0.29) is 17.9 Å². The molecule has 2 aromatic rings. The van der Waals surface area contributed by atoms with E-state index in [1.807, 2.05) is 18.2 Å². The number of rotatable bonds is 6. The number of urea groups is 1. The van der Waals surface area contributed by atoms with E-state index in [0.29, 0.717) is 12.3 Å². The molecule has 1 atom stereocenters. The van der Waals surface area contributed by atoms with Crippen molar-refractivity contribution in [2.75, 3.05) is 13.1 Å². The van der Waals surface area contributed by atoms with Crippen LogP contribution in [-0.4, -0.2) is 35.8 Å². The zero-order valence-electron chi connectivity index (χ0n) is 15.0. The lowest BCUT2D eigenvalue weighted by molar-refractivity contribution is -0.135. The monoisotopic (exact) mass is 367 g/mol. The van der Waals surface area contributed by atoms with E-state index in [9.17, 15) is 14.4 Å². The molecule has 2 fully saturated rings. The van der Waals surface area contributed by atoms with E-state index in [0.717, 1.165) is 17.7 Å². The van der Waals surface area contributed by atoms with Crippen LogP contribution in [-0.2, 0) is 20.5 Å². The lowest BCUT2D eigenvalue weighted by atomic mass is 9.96. The number of benzene rings is 1. The normalized spacial score (nSPS) is 23.2. The van der Waals surface area contributed by atoms with Gasteiger partial charge in [0.05, 0.1) is 6.26 Å². The minimum absolute atomic E-state index is 0.0309. The predicted octanol–water partition coefficient (Wildman–Crippen LogP) is 1.89. The van der Waals surface area contributed by atoms with Gasteiger partial charge in [0.25, 0.3) is 5.91 Å². The zero-order valence-corrected chi connectivity index (χ0v) is 15.0. The van der Waals surface area contributed by atoms with E-state index in [4.69, 9.17) is 4.42 Å². The Hall–Kier alpha value is -3.09. The molecule has 7 heteroatoms. The fourth-order valence-corrected chi connectivity index (χ4v) is 3.55. The van der Waals surface area contributed by atoms with Gasteiger partial charge >= 0.3 is 6.03 Å². The maximum Gasteiger partial charge on any atom is 0.325 e. The molecule has 0 bridgehead atoms. The van der Waals surface area contributed by atoms with Crippen LogP contribution in [0.4, 0.5) is 4.79 Å². The standard InChI is InChI=1S/C20H21N3O4/c1-19(15-8-5-11-27-15)17(25)23(18(26)22-19)12-16(24)21-13-20(9-10-20)14-6-3-2-4-7-14/h2-8,11H,9-10,12-13H2,1H3,(H,21,24)(H,22,26). The molecular formula is C20H21N3O4. The van der Waals surface area contributed by atoms with Crippen molar-refractivity contribution in [2.24, 2.45) is 0 Å². The highest BCUT2D eigenvalue weighted by molar-refractivity contribution is 6.08. The van der Waals surface area contributed by atoms with Crippen molar-refractivity contribution >= 4 is 17.8 Å². The molecule has 0 radical (unpaired) electrons. The Morgan fingerprint density at radius 2 is 1.93 bits per heavy atom. The first-order chi connectivity index (χ1) is 12.9. The number of nitrogens with zero attached hydrogens (tertiary/aromatic N) is 1. The summed E-state index contributed by atoms with van der Waals surface area (Å²) in [5, 5.41) is 5.49. The Balaban J connectivity index is 1.39. The van der Waals surface area contributed by atoms with Crippen molar-refractivity contribution < 1.29 is 18.8 Å². The van der Waals surface area contributed by atoms with Gasteiger partial charge in [0.2, 0.25) is 5.91 Å². The van der Waals surface area contributed by atoms with Gasteiger partial charge in [0.15, 0.2) is 5.54 Å². The molecule has 27 heavy (non-hydrogen) atoms. The van der Waals surface area contributed by atoms with E-state index >= 15 is 0 Å². The van der Waals surface area contributed by atoms with Crippen molar-refractivity contribution in [1.29, 1.82) is 0 Å². The average molecular weight is 367 g/mol. The number of nitrogens with one attached hydrogen (secondary N) is 2. The Morgan fingerprint density at radius 3 is 2.56 bits per heavy atom. The highest BCUT2D eigenvalue weighted by Gasteiger charge is 2.51. The summed E-state index contributed by atoms with van der Waals surface area (Å²) in [6, 6.07) is 12.7. The fraction of sp³-hybridized carbons (Fsp3) is 0.350. The van der Waals surface area contributed by atoms with Crippen LogP contribution >= 0.6 is 0 Å². The fourth-order valence-electron chi connectivity index (χ4n) is 3.55. The molecule has 4 amide bonds. The highest BCUT2D eigenvalue weighted by atomic mass is 16.3. The molecule has 1 aromatic carbocycles. The summed E-state index contributed by atoms with van der Waals surface area (Å²) in [5.41, 5.74) is -0.120. The van der Waals surface area contributed by atoms with Crippen LogP contribution in [0, 0.1) is 0 Å². The summed E-state index contributed by atoms with van der Waals surface area (Å²) in [5.74, 6) is -0.518. The smallest absolute Gasteiger partial charge is 0.325 e. The molecule has 1 aliphatic heterocycles. The first-order valence-corrected chi connectivity index (χ1v) is 8.95. The number of hydrogen-bond donors (Lipinski definition) is 2. The first kappa shape index (κ1) is 17.3. The second kappa shape index (κ2) is 6.26. The van der Waals surface area contributed by atoms with Crippen molar-refractivity contribution in [2.45, 2.75) is 30.7 Å². The van der Waals surface area contributed by atoms with Gasteiger partial charge in [0, 0.05) is 12.0 Å². The second-order valence-electron chi connectivity index (χ2n) is 7.35. The molecule has 1 aromatic heterocycles. The van der Waals surface area contributed by atoms with Gasteiger partial charge < -0.3 is 15.1 Å². The van der Waals surface area contributed by atoms with Crippen LogP contribution in [0.25, 0.3) is 0 Å². The van der Waals surface area contributed by atoms with Gasteiger partial charge in [-0.15, -0.1) is 0 Å². The van der Waals surface area contributed by atoms with Crippen molar-refractivity contribution in [3.05, 3.63) is 60.1 Å². The van der Waals surface area contributed by atoms with Gasteiger partial charge in [-0.2, -0.15) is 0 Å². The summed E-state index contributed by atoms with van der Waals surface area (Å²) < 4.78 is 5.28. The van der Waals surface area contributed by atoms with Crippen molar-refractivity contribution in [3.8, 4) is 0 Å². The molecule has 140 valence electrons. The molecule has 0 spiro atoms. The third-order valence-corrected chi connectivity index (χ3v) is 5.45. The molecule has 7 nitrogen and oxygen atoms in total. The maximum atomic E-state index is 12.7. The van der Waals surface area contributed by atoms with Crippen LogP contribution in [0.2, 0.25) is 0 Å². The summed E-state index contributed by atoms with van der Waals surface area (Å²) in [6.45, 7) is 1.75. The van der Waals surface area contributed by atoms with Gasteiger partial charge in [-0.1, -0.05) is 30.3 Å². The van der Waals surface area contributed by atoms with Crippen LogP contribution < -0.4 is 10.6 Å². The largest absolute Gasteiger partial charge is 0.466 e. The zero-order chi connectivity index (χ0) is 19.1. The number of hydrogen-bond acceptors (Lipinski definition) is 4. The Bertz CT molecular complexity index is 874. The third kappa shape index (κ3) is 2.99. The van der Waals surface area contributed by atoms with Crippen molar-refractivity contribution in [1.82, 2.24) is 15.5 Å². The lowest BCUT2D eigenvalue weighted by Crippen LogP contribution is -2.44. The average Bonchev–Trinajstić information content (AvgIpc) is 3.18. The first-order valence-electron chi connectivity index (χ1n) is 8.95. The Kier molecular flexibility index (Phi) is 4.02. The van der Waals surface area contributed by atoms with Crippen LogP contribution in [0.15, 0.2) is 53.1 Å². The summed E-state index contributed by atoms with van der Waals surface area (Å²) in [6.07, 6.45) is 3.46. The van der Waals surface area contributed by atoms with Gasteiger partial charge in [-0.3, -0.25) is 14.5 Å². The number of furan rings is 1. The number of carbonyl (C=O) groups excluding carboxylic acids is 3.